The summed E-state index contributed by atoms with van der Waals surface area (Å²) in [6, 6.07) is 7.25. The molecule has 20 heavy (non-hydrogen) atoms. The predicted octanol–water partition coefficient (Wildman–Crippen LogP) is 3.40. The fourth-order valence-corrected chi connectivity index (χ4v) is 1.69. The molecule has 108 valence electrons. The van der Waals surface area contributed by atoms with Crippen LogP contribution in [0.4, 0.5) is 0 Å². The Kier molecular flexibility index (Phi) is 7.98. The molecule has 1 aromatic rings. The van der Waals surface area contributed by atoms with Crippen LogP contribution in [0.2, 0.25) is 0 Å². The molecule has 1 rings (SSSR count). The zero-order valence-electron chi connectivity index (χ0n) is 12.2. The largest absolute Gasteiger partial charge is 0.494 e. The number of benzene rings is 1. The summed E-state index contributed by atoms with van der Waals surface area (Å²) < 4.78 is 5.56. The Bertz CT molecular complexity index is 431. The Morgan fingerprint density at radius 1 is 1.25 bits per heavy atom. The number of terminal acetylenes is 1. The standard InChI is InChI=1S/C17H23NO2/c1-3-5-7-8-13-18-17(19)15-9-11-16(12-10-15)20-14-6-4-2/h1,9-12H,4-8,13-14H2,2H3,(H,18,19). The Labute approximate surface area is 121 Å². The molecule has 0 saturated carbocycles. The zero-order chi connectivity index (χ0) is 14.6. The molecule has 3 nitrogen and oxygen atoms in total. The predicted molar refractivity (Wildman–Crippen MR) is 81.9 cm³/mol. The summed E-state index contributed by atoms with van der Waals surface area (Å²) in [5.74, 6) is 3.35. The molecule has 0 radical (unpaired) electrons. The second-order valence-electron chi connectivity index (χ2n) is 4.64. The van der Waals surface area contributed by atoms with Crippen LogP contribution in [-0.4, -0.2) is 19.1 Å². The maximum absolute atomic E-state index is 11.9. The molecule has 3 heteroatoms. The number of amides is 1. The highest BCUT2D eigenvalue weighted by Gasteiger charge is 2.04. The maximum Gasteiger partial charge on any atom is 0.251 e. The van der Waals surface area contributed by atoms with E-state index in [4.69, 9.17) is 11.2 Å². The Morgan fingerprint density at radius 2 is 2.00 bits per heavy atom. The minimum Gasteiger partial charge on any atom is -0.494 e. The SMILES string of the molecule is C#CCCCCNC(=O)c1ccc(OCCCC)cc1. The first kappa shape index (κ1) is 16.1. The van der Waals surface area contributed by atoms with Crippen LogP contribution in [0, 0.1) is 12.3 Å². The second kappa shape index (κ2) is 9.91. The summed E-state index contributed by atoms with van der Waals surface area (Å²) in [5, 5.41) is 2.88. The maximum atomic E-state index is 11.9. The minimum atomic E-state index is -0.0502. The second-order valence-corrected chi connectivity index (χ2v) is 4.64. The third-order valence-corrected chi connectivity index (χ3v) is 2.92. The van der Waals surface area contributed by atoms with Crippen molar-refractivity contribution in [3.8, 4) is 18.1 Å². The average Bonchev–Trinajstić information content (AvgIpc) is 2.48. The van der Waals surface area contributed by atoms with Gasteiger partial charge in [0.25, 0.3) is 5.91 Å². The highest BCUT2D eigenvalue weighted by Crippen LogP contribution is 2.12. The highest BCUT2D eigenvalue weighted by molar-refractivity contribution is 5.94. The van der Waals surface area contributed by atoms with Gasteiger partial charge in [-0.25, -0.2) is 0 Å². The van der Waals surface area contributed by atoms with Gasteiger partial charge in [0.15, 0.2) is 0 Å². The lowest BCUT2D eigenvalue weighted by Gasteiger charge is -2.07. The molecule has 0 spiro atoms. The van der Waals surface area contributed by atoms with E-state index in [2.05, 4.69) is 18.2 Å². The average molecular weight is 273 g/mol. The van der Waals surface area contributed by atoms with Crippen LogP contribution in [0.5, 0.6) is 5.75 Å². The van der Waals surface area contributed by atoms with E-state index in [1.165, 1.54) is 0 Å². The summed E-state index contributed by atoms with van der Waals surface area (Å²) in [7, 11) is 0. The van der Waals surface area contributed by atoms with Gasteiger partial charge in [0.05, 0.1) is 6.61 Å². The van der Waals surface area contributed by atoms with Crippen molar-refractivity contribution in [1.29, 1.82) is 0 Å². The number of ether oxygens (including phenoxy) is 1. The van der Waals surface area contributed by atoms with Gasteiger partial charge in [-0.2, -0.15) is 0 Å². The first-order valence-electron chi connectivity index (χ1n) is 7.22. The quantitative estimate of drug-likeness (QED) is 0.553. The molecule has 0 atom stereocenters. The van der Waals surface area contributed by atoms with Crippen molar-refractivity contribution in [2.75, 3.05) is 13.2 Å². The van der Waals surface area contributed by atoms with Gasteiger partial charge in [-0.1, -0.05) is 13.3 Å². The van der Waals surface area contributed by atoms with Crippen LogP contribution in [0.1, 0.15) is 49.4 Å². The van der Waals surface area contributed by atoms with Crippen molar-refractivity contribution in [2.45, 2.75) is 39.0 Å². The molecular formula is C17H23NO2. The Morgan fingerprint density at radius 3 is 2.65 bits per heavy atom. The van der Waals surface area contributed by atoms with Gasteiger partial charge in [0.1, 0.15) is 5.75 Å². The third kappa shape index (κ3) is 6.29. The lowest BCUT2D eigenvalue weighted by Crippen LogP contribution is -2.24. The molecule has 0 aliphatic carbocycles. The summed E-state index contributed by atoms with van der Waals surface area (Å²) in [4.78, 5) is 11.9. The molecule has 0 heterocycles. The summed E-state index contributed by atoms with van der Waals surface area (Å²) in [6.45, 7) is 3.51. The summed E-state index contributed by atoms with van der Waals surface area (Å²) in [5.41, 5.74) is 0.657. The third-order valence-electron chi connectivity index (χ3n) is 2.92. The molecule has 0 unspecified atom stereocenters. The number of hydrogen-bond acceptors (Lipinski definition) is 2. The number of unbranched alkanes of at least 4 members (excludes halogenated alkanes) is 3. The molecule has 0 fully saturated rings. The Hall–Kier alpha value is -1.95. The van der Waals surface area contributed by atoms with Crippen LogP contribution in [0.3, 0.4) is 0 Å². The Balaban J connectivity index is 2.32. The van der Waals surface area contributed by atoms with E-state index in [9.17, 15) is 4.79 Å². The van der Waals surface area contributed by atoms with Crippen molar-refractivity contribution < 1.29 is 9.53 Å². The monoisotopic (exact) mass is 273 g/mol. The van der Waals surface area contributed by atoms with Gasteiger partial charge in [-0.15, -0.1) is 12.3 Å². The van der Waals surface area contributed by atoms with E-state index in [0.717, 1.165) is 44.5 Å². The summed E-state index contributed by atoms with van der Waals surface area (Å²) in [6.07, 6.45) is 9.94. The number of hydrogen-bond donors (Lipinski definition) is 1. The first-order chi connectivity index (χ1) is 9.77. The number of rotatable bonds is 9. The molecule has 0 aliphatic rings. The van der Waals surface area contributed by atoms with Gasteiger partial charge in [0, 0.05) is 18.5 Å². The van der Waals surface area contributed by atoms with E-state index < -0.39 is 0 Å². The number of carbonyl (C=O) groups excluding carboxylic acids is 1. The lowest BCUT2D eigenvalue weighted by atomic mass is 10.2. The van der Waals surface area contributed by atoms with E-state index in [1.807, 2.05) is 12.1 Å². The topological polar surface area (TPSA) is 38.3 Å². The van der Waals surface area contributed by atoms with Crippen LogP contribution < -0.4 is 10.1 Å². The van der Waals surface area contributed by atoms with Crippen molar-refractivity contribution in [1.82, 2.24) is 5.32 Å². The molecule has 1 aromatic carbocycles. The lowest BCUT2D eigenvalue weighted by molar-refractivity contribution is 0.0953. The normalized spacial score (nSPS) is 9.80. The van der Waals surface area contributed by atoms with E-state index >= 15 is 0 Å². The summed E-state index contributed by atoms with van der Waals surface area (Å²) >= 11 is 0. The van der Waals surface area contributed by atoms with Crippen LogP contribution in [-0.2, 0) is 0 Å². The molecule has 1 amide bonds. The van der Waals surface area contributed by atoms with Gasteiger partial charge >= 0.3 is 0 Å². The minimum absolute atomic E-state index is 0.0502. The van der Waals surface area contributed by atoms with Crippen LogP contribution in [0.25, 0.3) is 0 Å². The van der Waals surface area contributed by atoms with Gasteiger partial charge in [-0.05, 0) is 43.5 Å². The van der Waals surface area contributed by atoms with Gasteiger partial charge in [0.2, 0.25) is 0 Å². The zero-order valence-corrected chi connectivity index (χ0v) is 12.2. The van der Waals surface area contributed by atoms with E-state index in [1.54, 1.807) is 12.1 Å². The molecule has 0 saturated heterocycles. The van der Waals surface area contributed by atoms with Gasteiger partial charge < -0.3 is 10.1 Å². The molecular weight excluding hydrogens is 250 g/mol. The van der Waals surface area contributed by atoms with Crippen molar-refractivity contribution in [2.24, 2.45) is 0 Å². The fraction of sp³-hybridized carbons (Fsp3) is 0.471. The van der Waals surface area contributed by atoms with Crippen molar-refractivity contribution >= 4 is 5.91 Å². The van der Waals surface area contributed by atoms with Crippen LogP contribution >= 0.6 is 0 Å². The van der Waals surface area contributed by atoms with Crippen molar-refractivity contribution in [3.05, 3.63) is 29.8 Å². The van der Waals surface area contributed by atoms with E-state index in [-0.39, 0.29) is 5.91 Å². The fourth-order valence-electron chi connectivity index (χ4n) is 1.69. The molecule has 0 aliphatic heterocycles. The first-order valence-corrected chi connectivity index (χ1v) is 7.22. The van der Waals surface area contributed by atoms with E-state index in [0.29, 0.717) is 12.1 Å². The van der Waals surface area contributed by atoms with Crippen molar-refractivity contribution in [3.63, 3.8) is 0 Å². The van der Waals surface area contributed by atoms with Crippen LogP contribution in [0.15, 0.2) is 24.3 Å². The number of nitrogens with one attached hydrogen (secondary N) is 1. The highest BCUT2D eigenvalue weighted by atomic mass is 16.5. The molecule has 0 aromatic heterocycles. The smallest absolute Gasteiger partial charge is 0.251 e. The number of carbonyl (C=O) groups is 1. The molecule has 0 bridgehead atoms. The van der Waals surface area contributed by atoms with Gasteiger partial charge in [-0.3, -0.25) is 4.79 Å². The molecule has 1 N–H and O–H groups in total.